The molecule has 3 heterocycles. The van der Waals surface area contributed by atoms with Crippen LogP contribution in [0.15, 0.2) is 28.9 Å². The Bertz CT molecular complexity index is 1310. The number of rotatable bonds is 8. The Hall–Kier alpha value is -1.83. The van der Waals surface area contributed by atoms with Crippen LogP contribution in [0.1, 0.15) is 18.4 Å². The van der Waals surface area contributed by atoms with Crippen LogP contribution in [0.5, 0.6) is 11.6 Å². The third-order valence-electron chi connectivity index (χ3n) is 6.14. The van der Waals surface area contributed by atoms with Crippen LogP contribution >= 0.6 is 27.5 Å². The number of aromatic nitrogens is 4. The average Bonchev–Trinajstić information content (AvgIpc) is 3.55. The summed E-state index contributed by atoms with van der Waals surface area (Å²) in [6, 6.07) is 5.69. The van der Waals surface area contributed by atoms with E-state index in [1.807, 2.05) is 22.9 Å². The van der Waals surface area contributed by atoms with Crippen LogP contribution in [-0.2, 0) is 23.3 Å². The van der Waals surface area contributed by atoms with E-state index in [1.165, 1.54) is 24.2 Å². The lowest BCUT2D eigenvalue weighted by molar-refractivity contribution is 0.179. The van der Waals surface area contributed by atoms with Gasteiger partial charge in [0.05, 0.1) is 15.0 Å². The van der Waals surface area contributed by atoms with Crippen LogP contribution in [0, 0.1) is 5.92 Å². The van der Waals surface area contributed by atoms with Gasteiger partial charge in [-0.2, -0.15) is 12.7 Å². The molecular formula is C21H25BrClN7O3S. The topological polar surface area (TPSA) is 105 Å². The molecule has 3 aromatic rings. The van der Waals surface area contributed by atoms with E-state index in [0.717, 1.165) is 27.6 Å². The Balaban J connectivity index is 1.33. The molecule has 1 saturated heterocycles. The summed E-state index contributed by atoms with van der Waals surface area (Å²) in [6.07, 6.45) is 4.04. The zero-order chi connectivity index (χ0) is 23.9. The molecule has 2 aromatic heterocycles. The summed E-state index contributed by atoms with van der Waals surface area (Å²) in [5, 5.41) is 9.16. The van der Waals surface area contributed by atoms with Crippen LogP contribution in [0.4, 0.5) is 0 Å². The number of hydrogen-bond acceptors (Lipinski definition) is 7. The van der Waals surface area contributed by atoms with Crippen molar-refractivity contribution in [2.45, 2.75) is 25.9 Å². The van der Waals surface area contributed by atoms with Gasteiger partial charge in [0.15, 0.2) is 0 Å². The summed E-state index contributed by atoms with van der Waals surface area (Å²) in [6.45, 7) is 3.42. The van der Waals surface area contributed by atoms with Crippen molar-refractivity contribution in [1.29, 1.82) is 0 Å². The van der Waals surface area contributed by atoms with Gasteiger partial charge in [0.25, 0.3) is 10.2 Å². The molecule has 1 aliphatic heterocycles. The minimum absolute atomic E-state index is 0.409. The molecule has 34 heavy (non-hydrogen) atoms. The summed E-state index contributed by atoms with van der Waals surface area (Å²) in [5.74, 6) is 1.73. The number of ether oxygens (including phenoxy) is 1. The third kappa shape index (κ3) is 5.07. The second-order valence-electron chi connectivity index (χ2n) is 8.56. The summed E-state index contributed by atoms with van der Waals surface area (Å²) >= 11 is 9.87. The number of nitrogens with one attached hydrogen (secondary N) is 1. The third-order valence-corrected chi connectivity index (χ3v) is 8.67. The highest BCUT2D eigenvalue weighted by molar-refractivity contribution is 9.10. The highest BCUT2D eigenvalue weighted by atomic mass is 79.9. The molecule has 13 heteroatoms. The number of nitrogens with zero attached hydrogens (tertiary/aromatic N) is 6. The normalized spacial score (nSPS) is 18.0. The number of pyridine rings is 1. The van der Waals surface area contributed by atoms with E-state index < -0.39 is 10.2 Å². The minimum Gasteiger partial charge on any atom is -0.437 e. The second kappa shape index (κ2) is 9.67. The lowest BCUT2D eigenvalue weighted by Gasteiger charge is -2.33. The summed E-state index contributed by atoms with van der Waals surface area (Å²) < 4.78 is 36.8. The van der Waals surface area contributed by atoms with Crippen molar-refractivity contribution in [1.82, 2.24) is 33.9 Å². The van der Waals surface area contributed by atoms with Gasteiger partial charge in [-0.15, -0.1) is 5.10 Å². The molecule has 0 atom stereocenters. The van der Waals surface area contributed by atoms with Gasteiger partial charge < -0.3 is 4.74 Å². The first-order chi connectivity index (χ1) is 16.3. The Labute approximate surface area is 211 Å². The molecule has 10 nitrogen and oxygen atoms in total. The van der Waals surface area contributed by atoms with Crippen molar-refractivity contribution in [2.24, 2.45) is 5.92 Å². The molecule has 1 N–H and O–H groups in total. The van der Waals surface area contributed by atoms with Crippen molar-refractivity contribution in [2.75, 3.05) is 33.2 Å². The average molecular weight is 571 g/mol. The molecule has 1 saturated carbocycles. The fourth-order valence-electron chi connectivity index (χ4n) is 4.02. The Morgan fingerprint density at radius 1 is 1.24 bits per heavy atom. The van der Waals surface area contributed by atoms with E-state index in [9.17, 15) is 8.42 Å². The predicted octanol–water partition coefficient (Wildman–Crippen LogP) is 3.03. The summed E-state index contributed by atoms with van der Waals surface area (Å²) in [4.78, 5) is 6.58. The molecule has 0 bridgehead atoms. The van der Waals surface area contributed by atoms with E-state index in [1.54, 1.807) is 6.20 Å². The molecule has 2 fully saturated rings. The van der Waals surface area contributed by atoms with Gasteiger partial charge in [0, 0.05) is 58.1 Å². The highest BCUT2D eigenvalue weighted by Crippen LogP contribution is 2.37. The quantitative estimate of drug-likeness (QED) is 0.444. The van der Waals surface area contributed by atoms with Gasteiger partial charge in [-0.1, -0.05) is 16.8 Å². The van der Waals surface area contributed by atoms with Crippen molar-refractivity contribution >= 4 is 48.8 Å². The van der Waals surface area contributed by atoms with Crippen LogP contribution in [0.25, 0.3) is 11.0 Å². The van der Waals surface area contributed by atoms with Gasteiger partial charge in [-0.25, -0.2) is 14.4 Å². The fourth-order valence-corrected chi connectivity index (χ4v) is 5.60. The predicted molar refractivity (Wildman–Crippen MR) is 132 cm³/mol. The lowest BCUT2D eigenvalue weighted by atomic mass is 10.2. The molecule has 0 spiro atoms. The zero-order valence-corrected chi connectivity index (χ0v) is 21.8. The van der Waals surface area contributed by atoms with E-state index >= 15 is 0 Å². The maximum absolute atomic E-state index is 12.0. The van der Waals surface area contributed by atoms with E-state index in [0.29, 0.717) is 55.3 Å². The fraction of sp³-hybridized carbons (Fsp3) is 0.476. The molecule has 5 rings (SSSR count). The highest BCUT2D eigenvalue weighted by Gasteiger charge is 2.27. The lowest BCUT2D eigenvalue weighted by Crippen LogP contribution is -2.51. The van der Waals surface area contributed by atoms with Gasteiger partial charge in [-0.3, -0.25) is 4.90 Å². The molecule has 0 unspecified atom stereocenters. The van der Waals surface area contributed by atoms with E-state index in [4.69, 9.17) is 16.3 Å². The summed E-state index contributed by atoms with van der Waals surface area (Å²) in [7, 11) is -1.99. The molecule has 0 amide bonds. The molecule has 182 valence electrons. The molecule has 2 aliphatic rings. The molecule has 1 aromatic carbocycles. The van der Waals surface area contributed by atoms with Gasteiger partial charge in [0.2, 0.25) is 5.88 Å². The Morgan fingerprint density at radius 3 is 2.71 bits per heavy atom. The molecular weight excluding hydrogens is 546 g/mol. The first-order valence-electron chi connectivity index (χ1n) is 11.1. The van der Waals surface area contributed by atoms with Crippen molar-refractivity contribution in [3.05, 3.63) is 39.5 Å². The number of benzene rings is 1. The molecule has 1 aliphatic carbocycles. The first-order valence-corrected chi connectivity index (χ1v) is 13.7. The van der Waals surface area contributed by atoms with Crippen LogP contribution < -0.4 is 9.46 Å². The summed E-state index contributed by atoms with van der Waals surface area (Å²) in [5.41, 5.74) is 2.53. The van der Waals surface area contributed by atoms with Crippen molar-refractivity contribution < 1.29 is 13.2 Å². The van der Waals surface area contributed by atoms with Gasteiger partial charge in [0.1, 0.15) is 11.3 Å². The van der Waals surface area contributed by atoms with Crippen molar-refractivity contribution in [3.63, 3.8) is 0 Å². The van der Waals surface area contributed by atoms with Gasteiger partial charge >= 0.3 is 0 Å². The van der Waals surface area contributed by atoms with Crippen LogP contribution in [0.3, 0.4) is 0 Å². The minimum atomic E-state index is -3.42. The second-order valence-corrected chi connectivity index (χ2v) is 11.7. The maximum Gasteiger partial charge on any atom is 0.279 e. The van der Waals surface area contributed by atoms with E-state index in [-0.39, 0.29) is 0 Å². The Morgan fingerprint density at radius 2 is 2.00 bits per heavy atom. The van der Waals surface area contributed by atoms with Gasteiger partial charge in [-0.05, 0) is 52.9 Å². The monoisotopic (exact) mass is 569 g/mol. The molecule has 0 radical (unpaired) electrons. The number of hydrogen-bond donors (Lipinski definition) is 1. The SMILES string of the molecule is CNS(=O)(=O)N1CCN(Cc2cc(Cl)cnc2Oc2ccc3c(nnn3CC3CC3)c2Br)CC1. The number of fused-ring (bicyclic) bond motifs is 1. The largest absolute Gasteiger partial charge is 0.437 e. The van der Waals surface area contributed by atoms with E-state index in [2.05, 4.69) is 40.8 Å². The Kier molecular flexibility index (Phi) is 6.79. The van der Waals surface area contributed by atoms with Crippen molar-refractivity contribution in [3.8, 4) is 11.6 Å². The number of piperazine rings is 1. The van der Waals surface area contributed by atoms with Crippen LogP contribution in [-0.4, -0.2) is 70.8 Å². The standard InChI is InChI=1S/C21H25BrClN7O3S/c1-24-34(31,32)29-8-6-28(7-9-29)13-15-10-16(23)11-25-21(15)33-18-5-4-17-20(19(18)22)26-27-30(17)12-14-2-3-14/h4-5,10-11,14,24H,2-3,6-9,12-13H2,1H3. The first kappa shape index (κ1) is 23.9. The maximum atomic E-state index is 12.0. The van der Waals surface area contributed by atoms with Crippen LogP contribution in [0.2, 0.25) is 5.02 Å². The smallest absolute Gasteiger partial charge is 0.279 e. The zero-order valence-electron chi connectivity index (χ0n) is 18.6. The number of halogens is 2.